The maximum absolute atomic E-state index is 13.3. The molecule has 3 atom stereocenters. The fourth-order valence-corrected chi connectivity index (χ4v) is 7.43. The van der Waals surface area contributed by atoms with Crippen LogP contribution in [0.5, 0.6) is 5.75 Å². The van der Waals surface area contributed by atoms with E-state index < -0.39 is 13.8 Å². The van der Waals surface area contributed by atoms with Gasteiger partial charge < -0.3 is 14.2 Å². The molecule has 0 saturated heterocycles. The number of alkyl halides is 2. The average molecular weight is 512 g/mol. The second-order valence-corrected chi connectivity index (χ2v) is 13.9. The Bertz CT molecular complexity index is 1480. The first kappa shape index (κ1) is 23.3. The highest BCUT2D eigenvalue weighted by Gasteiger charge is 2.46. The second kappa shape index (κ2) is 8.23. The molecule has 3 heterocycles. The minimum absolute atomic E-state index is 0.0287. The van der Waals surface area contributed by atoms with Crippen molar-refractivity contribution in [3.05, 3.63) is 64.7 Å². The van der Waals surface area contributed by atoms with Gasteiger partial charge in [0.25, 0.3) is 5.91 Å². The number of carbonyl (C=O) groups is 1. The molecule has 0 saturated carbocycles. The summed E-state index contributed by atoms with van der Waals surface area (Å²) in [6.45, 7) is 0.707. The summed E-state index contributed by atoms with van der Waals surface area (Å²) in [5.41, 5.74) is 5.57. The standard InChI is InChI=1S/C26H27F2N4O3P/c1-31-20-11-17(22-16(25(31)33)5-4-6-21(22)35-26(27)28)23-19-12-18(29-13-32(19)30-24(20)23)14-7-9-15(10-8-14)36(2,3)34/h4-7,12-13,15,17,20,26H,8-11H2,1-3H3. The van der Waals surface area contributed by atoms with E-state index in [-0.39, 0.29) is 29.3 Å². The fourth-order valence-electron chi connectivity index (χ4n) is 6.07. The predicted molar refractivity (Wildman–Crippen MR) is 132 cm³/mol. The van der Waals surface area contributed by atoms with Crippen molar-refractivity contribution in [2.24, 2.45) is 0 Å². The number of amides is 1. The normalized spacial score (nSPS) is 23.5. The van der Waals surface area contributed by atoms with E-state index in [4.69, 9.17) is 9.84 Å². The van der Waals surface area contributed by atoms with E-state index in [2.05, 4.69) is 11.1 Å². The lowest BCUT2D eigenvalue weighted by Gasteiger charge is -2.25. The molecule has 7 nitrogen and oxygen atoms in total. The van der Waals surface area contributed by atoms with Crippen LogP contribution in [0.4, 0.5) is 8.78 Å². The fraction of sp³-hybridized carbons (Fsp3) is 0.423. The summed E-state index contributed by atoms with van der Waals surface area (Å²) in [5, 5.41) is 4.77. The van der Waals surface area contributed by atoms with Crippen LogP contribution in [0.2, 0.25) is 0 Å². The summed E-state index contributed by atoms with van der Waals surface area (Å²) in [7, 11) is -0.421. The van der Waals surface area contributed by atoms with Crippen molar-refractivity contribution in [1.82, 2.24) is 19.5 Å². The van der Waals surface area contributed by atoms with Gasteiger partial charge in [0.2, 0.25) is 0 Å². The molecule has 0 fully saturated rings. The van der Waals surface area contributed by atoms with E-state index in [1.807, 2.05) is 19.4 Å². The highest BCUT2D eigenvalue weighted by atomic mass is 31.2. The van der Waals surface area contributed by atoms with Gasteiger partial charge in [0.15, 0.2) is 0 Å². The molecule has 0 spiro atoms. The molecule has 2 aromatic heterocycles. The number of allylic oxidation sites excluding steroid dienone is 2. The average Bonchev–Trinajstić information content (AvgIpc) is 3.36. The second-order valence-electron chi connectivity index (χ2n) is 10.3. The zero-order chi connectivity index (χ0) is 25.4. The molecule has 3 unspecified atom stereocenters. The predicted octanol–water partition coefficient (Wildman–Crippen LogP) is 5.55. The summed E-state index contributed by atoms with van der Waals surface area (Å²) in [4.78, 5) is 19.5. The van der Waals surface area contributed by atoms with Crippen LogP contribution in [-0.4, -0.2) is 58.1 Å². The Morgan fingerprint density at radius 2 is 2.03 bits per heavy atom. The number of aromatic nitrogens is 3. The number of halogens is 2. The van der Waals surface area contributed by atoms with Gasteiger partial charge in [0, 0.05) is 35.3 Å². The number of hydrogen-bond acceptors (Lipinski definition) is 5. The van der Waals surface area contributed by atoms with Crippen molar-refractivity contribution >= 4 is 24.1 Å². The Morgan fingerprint density at radius 1 is 1.22 bits per heavy atom. The molecule has 3 aliphatic rings. The van der Waals surface area contributed by atoms with E-state index >= 15 is 0 Å². The van der Waals surface area contributed by atoms with E-state index in [1.165, 1.54) is 6.07 Å². The maximum Gasteiger partial charge on any atom is 0.387 e. The Labute approximate surface area is 207 Å². The van der Waals surface area contributed by atoms with Crippen molar-refractivity contribution in [1.29, 1.82) is 0 Å². The van der Waals surface area contributed by atoms with Gasteiger partial charge in [0.1, 0.15) is 12.1 Å². The van der Waals surface area contributed by atoms with Gasteiger partial charge in [0.05, 0.1) is 30.1 Å². The third-order valence-electron chi connectivity index (χ3n) is 7.96. The molecule has 6 rings (SSSR count). The van der Waals surface area contributed by atoms with Crippen LogP contribution in [0.1, 0.15) is 70.5 Å². The van der Waals surface area contributed by atoms with Crippen molar-refractivity contribution in [3.8, 4) is 5.75 Å². The number of rotatable bonds is 4. The highest BCUT2D eigenvalue weighted by molar-refractivity contribution is 7.63. The molecule has 0 N–H and O–H groups in total. The molecule has 3 aromatic rings. The molecular formula is C26H27F2N4O3P. The van der Waals surface area contributed by atoms with Crippen molar-refractivity contribution in [3.63, 3.8) is 0 Å². The molecule has 2 aliphatic carbocycles. The smallest absolute Gasteiger partial charge is 0.387 e. The van der Waals surface area contributed by atoms with Gasteiger partial charge in [-0.15, -0.1) is 0 Å². The van der Waals surface area contributed by atoms with Crippen LogP contribution in [0.15, 0.2) is 36.7 Å². The van der Waals surface area contributed by atoms with Crippen LogP contribution in [0.25, 0.3) is 11.1 Å². The largest absolute Gasteiger partial charge is 0.434 e. The first-order chi connectivity index (χ1) is 17.1. The molecule has 2 bridgehead atoms. The number of fused-ring (bicyclic) bond motifs is 9. The van der Waals surface area contributed by atoms with E-state index in [0.29, 0.717) is 17.5 Å². The van der Waals surface area contributed by atoms with Gasteiger partial charge in [-0.25, -0.2) is 9.50 Å². The third-order valence-corrected chi connectivity index (χ3v) is 10.2. The monoisotopic (exact) mass is 512 g/mol. The minimum atomic E-state index is -2.99. The number of benzene rings is 1. The van der Waals surface area contributed by atoms with Crippen molar-refractivity contribution < 1.29 is 22.9 Å². The Hall–Kier alpha value is -3.06. The quantitative estimate of drug-likeness (QED) is 0.429. The van der Waals surface area contributed by atoms with E-state index in [0.717, 1.165) is 47.3 Å². The van der Waals surface area contributed by atoms with Crippen LogP contribution < -0.4 is 4.74 Å². The van der Waals surface area contributed by atoms with Crippen LogP contribution >= 0.6 is 7.14 Å². The first-order valence-corrected chi connectivity index (χ1v) is 14.8. The summed E-state index contributed by atoms with van der Waals surface area (Å²) in [5.74, 6) is -0.516. The minimum Gasteiger partial charge on any atom is -0.434 e. The maximum atomic E-state index is 13.3. The van der Waals surface area contributed by atoms with Gasteiger partial charge in [-0.3, -0.25) is 4.79 Å². The molecule has 1 aromatic carbocycles. The lowest BCUT2D eigenvalue weighted by molar-refractivity contribution is -0.0505. The molecule has 188 valence electrons. The summed E-state index contributed by atoms with van der Waals surface area (Å²) >= 11 is 0. The Kier molecular flexibility index (Phi) is 5.34. The van der Waals surface area contributed by atoms with Gasteiger partial charge in [-0.1, -0.05) is 12.1 Å². The lowest BCUT2D eigenvalue weighted by Crippen LogP contribution is -2.30. The number of hydrogen-bond donors (Lipinski definition) is 0. The van der Waals surface area contributed by atoms with Gasteiger partial charge >= 0.3 is 6.61 Å². The Balaban J connectivity index is 1.48. The molecule has 10 heteroatoms. The van der Waals surface area contributed by atoms with E-state index in [9.17, 15) is 18.1 Å². The summed E-state index contributed by atoms with van der Waals surface area (Å²) in [6, 6.07) is 6.48. The topological polar surface area (TPSA) is 76.8 Å². The molecule has 1 aliphatic heterocycles. The summed E-state index contributed by atoms with van der Waals surface area (Å²) in [6.07, 6.45) is 6.80. The highest BCUT2D eigenvalue weighted by Crippen LogP contribution is 2.54. The van der Waals surface area contributed by atoms with Crippen LogP contribution in [-0.2, 0) is 4.57 Å². The van der Waals surface area contributed by atoms with Crippen molar-refractivity contribution in [2.45, 2.75) is 49.9 Å². The number of ether oxygens (including phenoxy) is 1. The molecule has 36 heavy (non-hydrogen) atoms. The zero-order valence-electron chi connectivity index (χ0n) is 20.3. The Morgan fingerprint density at radius 3 is 2.72 bits per heavy atom. The van der Waals surface area contributed by atoms with Crippen LogP contribution in [0, 0.1) is 0 Å². The number of carbonyl (C=O) groups excluding carboxylic acids is 1. The van der Waals surface area contributed by atoms with Crippen molar-refractivity contribution in [2.75, 3.05) is 20.4 Å². The first-order valence-electron chi connectivity index (χ1n) is 12.1. The molecular weight excluding hydrogens is 485 g/mol. The molecule has 0 radical (unpaired) electrons. The van der Waals surface area contributed by atoms with Gasteiger partial charge in [-0.05, 0) is 62.8 Å². The zero-order valence-corrected chi connectivity index (χ0v) is 21.2. The number of nitrogens with zero attached hydrogens (tertiary/aromatic N) is 4. The van der Waals surface area contributed by atoms with Gasteiger partial charge in [-0.2, -0.15) is 13.9 Å². The van der Waals surface area contributed by atoms with E-state index in [1.54, 1.807) is 34.9 Å². The van der Waals surface area contributed by atoms with Crippen LogP contribution in [0.3, 0.4) is 0 Å². The summed E-state index contributed by atoms with van der Waals surface area (Å²) < 4.78 is 45.7. The SMILES string of the molecule is CN1C(=O)c2cccc(OC(F)F)c2C2CC1c1nn3cnc(C4=CCC(P(C)(C)=O)CC4)cc3c12. The lowest BCUT2D eigenvalue weighted by atomic mass is 9.88. The third kappa shape index (κ3) is 3.59. The molecule has 1 amide bonds.